The molecule has 3 aromatic rings. The summed E-state index contributed by atoms with van der Waals surface area (Å²) in [5.41, 5.74) is 7.50. The molecule has 2 aromatic carbocycles. The Kier molecular flexibility index (Phi) is 3.84. The van der Waals surface area contributed by atoms with Gasteiger partial charge in [-0.25, -0.2) is 4.98 Å². The molecule has 0 aliphatic rings. The second-order valence-corrected chi connectivity index (χ2v) is 6.65. The first-order valence-corrected chi connectivity index (χ1v) is 7.94. The number of thiazole rings is 1. The number of aromatic nitrogens is 1. The molecule has 0 spiro atoms. The lowest BCUT2D eigenvalue weighted by Crippen LogP contribution is -2.12. The minimum Gasteiger partial charge on any atom is -0.399 e. The molecule has 0 bridgehead atoms. The number of hydrogen-bond donors (Lipinski definition) is 2. The van der Waals surface area contributed by atoms with Crippen LogP contribution < -0.4 is 11.1 Å². The molecule has 0 atom stereocenters. The molecule has 0 fully saturated rings. The largest absolute Gasteiger partial charge is 0.399 e. The van der Waals surface area contributed by atoms with Crippen molar-refractivity contribution in [2.75, 3.05) is 11.1 Å². The van der Waals surface area contributed by atoms with E-state index >= 15 is 0 Å². The fourth-order valence-electron chi connectivity index (χ4n) is 1.83. The van der Waals surface area contributed by atoms with Gasteiger partial charge in [-0.15, -0.1) is 0 Å². The maximum absolute atomic E-state index is 12.3. The van der Waals surface area contributed by atoms with Gasteiger partial charge >= 0.3 is 0 Å². The third kappa shape index (κ3) is 3.02. The van der Waals surface area contributed by atoms with Gasteiger partial charge in [0.15, 0.2) is 5.13 Å². The first-order valence-electron chi connectivity index (χ1n) is 5.95. The molecule has 3 N–H and O–H groups in total. The molecular weight excluding hydrogens is 374 g/mol. The summed E-state index contributed by atoms with van der Waals surface area (Å²) in [5.74, 6) is -0.265. The minimum absolute atomic E-state index is 0.265. The maximum Gasteiger partial charge on any atom is 0.258 e. The fraction of sp³-hybridized carbons (Fsp3) is 0. The van der Waals surface area contributed by atoms with Crippen LogP contribution in [-0.4, -0.2) is 10.9 Å². The van der Waals surface area contributed by atoms with E-state index in [1.807, 2.05) is 12.1 Å². The second-order valence-electron chi connectivity index (χ2n) is 4.32. The van der Waals surface area contributed by atoms with Gasteiger partial charge in [-0.2, -0.15) is 0 Å². The molecule has 0 unspecified atom stereocenters. The van der Waals surface area contributed by atoms with Crippen molar-refractivity contribution in [3.63, 3.8) is 0 Å². The zero-order valence-electron chi connectivity index (χ0n) is 10.6. The van der Waals surface area contributed by atoms with Crippen LogP contribution >= 0.6 is 38.9 Å². The van der Waals surface area contributed by atoms with E-state index in [0.29, 0.717) is 25.9 Å². The van der Waals surface area contributed by atoms with Crippen molar-refractivity contribution in [2.24, 2.45) is 0 Å². The average molecular weight is 383 g/mol. The van der Waals surface area contributed by atoms with Crippen molar-refractivity contribution in [1.29, 1.82) is 0 Å². The van der Waals surface area contributed by atoms with Crippen LogP contribution in [0.25, 0.3) is 10.2 Å². The van der Waals surface area contributed by atoms with Crippen LogP contribution in [0.4, 0.5) is 10.8 Å². The summed E-state index contributed by atoms with van der Waals surface area (Å²) >= 11 is 10.6. The third-order valence-electron chi connectivity index (χ3n) is 2.81. The standard InChI is InChI=1S/C14H9BrClN3OS/c15-10-3-2-8(17)6-9(10)13(20)19-14-18-11-4-1-7(16)5-12(11)21-14/h1-6H,17H2,(H,18,19,20). The Labute approximate surface area is 138 Å². The van der Waals surface area contributed by atoms with E-state index in [1.54, 1.807) is 24.3 Å². The Hall–Kier alpha value is -1.63. The van der Waals surface area contributed by atoms with Gasteiger partial charge in [0.05, 0.1) is 15.8 Å². The lowest BCUT2D eigenvalue weighted by Gasteiger charge is -2.05. The smallest absolute Gasteiger partial charge is 0.258 e. The monoisotopic (exact) mass is 381 g/mol. The van der Waals surface area contributed by atoms with Gasteiger partial charge in [0.25, 0.3) is 5.91 Å². The number of carbonyl (C=O) groups is 1. The number of rotatable bonds is 2. The van der Waals surface area contributed by atoms with Crippen molar-refractivity contribution in [3.8, 4) is 0 Å². The number of carbonyl (C=O) groups excluding carboxylic acids is 1. The van der Waals surface area contributed by atoms with Crippen LogP contribution in [0.3, 0.4) is 0 Å². The highest BCUT2D eigenvalue weighted by Crippen LogP contribution is 2.29. The van der Waals surface area contributed by atoms with E-state index in [0.717, 1.165) is 10.2 Å². The first kappa shape index (κ1) is 14.3. The zero-order valence-corrected chi connectivity index (χ0v) is 13.7. The topological polar surface area (TPSA) is 68.0 Å². The van der Waals surface area contributed by atoms with E-state index in [2.05, 4.69) is 26.2 Å². The summed E-state index contributed by atoms with van der Waals surface area (Å²) in [6.07, 6.45) is 0. The summed E-state index contributed by atoms with van der Waals surface area (Å²) in [4.78, 5) is 16.6. The molecule has 1 heterocycles. The van der Waals surface area contributed by atoms with Gasteiger partial charge < -0.3 is 5.73 Å². The van der Waals surface area contributed by atoms with Crippen LogP contribution in [0.2, 0.25) is 5.02 Å². The van der Waals surface area contributed by atoms with E-state index < -0.39 is 0 Å². The van der Waals surface area contributed by atoms with Crippen LogP contribution in [0.1, 0.15) is 10.4 Å². The number of nitrogens with zero attached hydrogens (tertiary/aromatic N) is 1. The van der Waals surface area contributed by atoms with Crippen molar-refractivity contribution < 1.29 is 4.79 Å². The van der Waals surface area contributed by atoms with Gasteiger partial charge in [0.1, 0.15) is 0 Å². The summed E-state index contributed by atoms with van der Waals surface area (Å²) in [6, 6.07) is 10.5. The molecule has 4 nitrogen and oxygen atoms in total. The summed E-state index contributed by atoms with van der Waals surface area (Å²) in [6.45, 7) is 0. The van der Waals surface area contributed by atoms with Crippen LogP contribution in [-0.2, 0) is 0 Å². The molecule has 3 rings (SSSR count). The van der Waals surface area contributed by atoms with Gasteiger partial charge in [-0.05, 0) is 52.3 Å². The molecule has 0 saturated heterocycles. The molecule has 0 aliphatic carbocycles. The Morgan fingerprint density at radius 3 is 2.90 bits per heavy atom. The number of fused-ring (bicyclic) bond motifs is 1. The summed E-state index contributed by atoms with van der Waals surface area (Å²) in [7, 11) is 0. The Balaban J connectivity index is 1.90. The zero-order chi connectivity index (χ0) is 15.0. The van der Waals surface area contributed by atoms with E-state index in [1.165, 1.54) is 11.3 Å². The van der Waals surface area contributed by atoms with E-state index in [4.69, 9.17) is 17.3 Å². The molecule has 106 valence electrons. The van der Waals surface area contributed by atoms with Crippen LogP contribution in [0.15, 0.2) is 40.9 Å². The van der Waals surface area contributed by atoms with Crippen molar-refractivity contribution in [3.05, 3.63) is 51.5 Å². The fourth-order valence-corrected chi connectivity index (χ4v) is 3.40. The van der Waals surface area contributed by atoms with Crippen LogP contribution in [0.5, 0.6) is 0 Å². The van der Waals surface area contributed by atoms with Gasteiger partial charge in [0.2, 0.25) is 0 Å². The molecule has 1 aromatic heterocycles. The predicted molar refractivity (Wildman–Crippen MR) is 91.1 cm³/mol. The minimum atomic E-state index is -0.265. The normalized spacial score (nSPS) is 10.8. The number of nitrogens with two attached hydrogens (primary N) is 1. The Morgan fingerprint density at radius 1 is 1.29 bits per heavy atom. The number of nitrogens with one attached hydrogen (secondary N) is 1. The van der Waals surface area contributed by atoms with Gasteiger partial charge in [-0.3, -0.25) is 10.1 Å². The lowest BCUT2D eigenvalue weighted by atomic mass is 10.2. The van der Waals surface area contributed by atoms with Crippen LogP contribution in [0, 0.1) is 0 Å². The third-order valence-corrected chi connectivity index (χ3v) is 4.67. The summed E-state index contributed by atoms with van der Waals surface area (Å²) < 4.78 is 1.60. The van der Waals surface area contributed by atoms with Gasteiger partial charge in [0, 0.05) is 15.2 Å². The van der Waals surface area contributed by atoms with Crippen molar-refractivity contribution in [2.45, 2.75) is 0 Å². The molecule has 0 saturated carbocycles. The molecule has 21 heavy (non-hydrogen) atoms. The number of benzene rings is 2. The predicted octanol–water partition coefficient (Wildman–Crippen LogP) is 4.55. The first-order chi connectivity index (χ1) is 10.0. The second kappa shape index (κ2) is 5.63. The number of hydrogen-bond acceptors (Lipinski definition) is 4. The Bertz CT molecular complexity index is 849. The van der Waals surface area contributed by atoms with Crippen molar-refractivity contribution in [1.82, 2.24) is 4.98 Å². The number of anilines is 2. The highest BCUT2D eigenvalue weighted by atomic mass is 79.9. The highest BCUT2D eigenvalue weighted by Gasteiger charge is 2.13. The molecule has 0 aliphatic heterocycles. The molecule has 0 radical (unpaired) electrons. The number of nitrogen functional groups attached to an aromatic ring is 1. The van der Waals surface area contributed by atoms with Gasteiger partial charge in [-0.1, -0.05) is 22.9 Å². The van der Waals surface area contributed by atoms with E-state index in [-0.39, 0.29) is 5.91 Å². The summed E-state index contributed by atoms with van der Waals surface area (Å²) in [5, 5.41) is 3.94. The number of halogens is 2. The Morgan fingerprint density at radius 2 is 2.10 bits per heavy atom. The SMILES string of the molecule is Nc1ccc(Br)c(C(=O)Nc2nc3ccc(Cl)cc3s2)c1. The number of amides is 1. The maximum atomic E-state index is 12.3. The quantitative estimate of drug-likeness (QED) is 0.639. The highest BCUT2D eigenvalue weighted by molar-refractivity contribution is 9.10. The molecule has 1 amide bonds. The van der Waals surface area contributed by atoms with Crippen molar-refractivity contribution >= 4 is 65.8 Å². The molecule has 7 heteroatoms. The van der Waals surface area contributed by atoms with E-state index in [9.17, 15) is 4.79 Å². The molecular formula is C14H9BrClN3OS. The lowest BCUT2D eigenvalue weighted by molar-refractivity contribution is 0.102. The average Bonchev–Trinajstić information content (AvgIpc) is 2.82.